The third-order valence-electron chi connectivity index (χ3n) is 3.29. The fourth-order valence-electron chi connectivity index (χ4n) is 2.29. The molecule has 1 fully saturated rings. The van der Waals surface area contributed by atoms with Gasteiger partial charge in [-0.1, -0.05) is 25.0 Å². The first kappa shape index (κ1) is 12.6. The van der Waals surface area contributed by atoms with Gasteiger partial charge in [0.15, 0.2) is 0 Å². The van der Waals surface area contributed by atoms with Crippen molar-refractivity contribution in [3.8, 4) is 0 Å². The van der Waals surface area contributed by atoms with Crippen molar-refractivity contribution in [3.63, 3.8) is 0 Å². The molecule has 0 saturated carbocycles. The zero-order valence-electron chi connectivity index (χ0n) is 9.99. The maximum absolute atomic E-state index is 10.9. The topological polar surface area (TPSA) is 20.3 Å². The molecule has 1 aromatic rings. The van der Waals surface area contributed by atoms with E-state index < -0.39 is 0 Å². The third-order valence-corrected chi connectivity index (χ3v) is 3.50. The molecule has 0 amide bonds. The van der Waals surface area contributed by atoms with Crippen LogP contribution in [-0.4, -0.2) is 23.2 Å². The van der Waals surface area contributed by atoms with E-state index in [4.69, 9.17) is 11.6 Å². The van der Waals surface area contributed by atoms with Gasteiger partial charge in [-0.15, -0.1) is 0 Å². The standard InChI is InChI=1S/C14H18ClNO/c15-14(17)13-7-5-12(6-8-13)11-16-9-3-1-2-4-10-16/h5-8H,1-4,9-11H2. The van der Waals surface area contributed by atoms with Gasteiger partial charge in [0, 0.05) is 12.1 Å². The number of benzene rings is 1. The number of carbonyl (C=O) groups is 1. The second-order valence-electron chi connectivity index (χ2n) is 4.66. The van der Waals surface area contributed by atoms with Gasteiger partial charge < -0.3 is 0 Å². The van der Waals surface area contributed by atoms with Crippen LogP contribution in [0.5, 0.6) is 0 Å². The number of hydrogen-bond acceptors (Lipinski definition) is 2. The van der Waals surface area contributed by atoms with E-state index in [1.165, 1.54) is 44.3 Å². The summed E-state index contributed by atoms with van der Waals surface area (Å²) in [6.07, 6.45) is 5.32. The van der Waals surface area contributed by atoms with Crippen LogP contribution in [0.15, 0.2) is 24.3 Å². The lowest BCUT2D eigenvalue weighted by atomic mass is 10.1. The summed E-state index contributed by atoms with van der Waals surface area (Å²) in [4.78, 5) is 13.4. The second kappa shape index (κ2) is 6.18. The summed E-state index contributed by atoms with van der Waals surface area (Å²) in [5.74, 6) is 0. The van der Waals surface area contributed by atoms with Crippen molar-refractivity contribution in [2.75, 3.05) is 13.1 Å². The first-order chi connectivity index (χ1) is 8.25. The molecule has 1 aliphatic rings. The molecular formula is C14H18ClNO. The molecule has 0 aromatic heterocycles. The highest BCUT2D eigenvalue weighted by Crippen LogP contribution is 2.14. The minimum absolute atomic E-state index is 0.383. The van der Waals surface area contributed by atoms with E-state index in [1.54, 1.807) is 0 Å². The summed E-state index contributed by atoms with van der Waals surface area (Å²) >= 11 is 5.42. The Morgan fingerprint density at radius 2 is 1.65 bits per heavy atom. The van der Waals surface area contributed by atoms with Crippen LogP contribution < -0.4 is 0 Å². The minimum atomic E-state index is -0.383. The van der Waals surface area contributed by atoms with E-state index in [0.29, 0.717) is 5.56 Å². The lowest BCUT2D eigenvalue weighted by molar-refractivity contribution is 0.108. The largest absolute Gasteiger partial charge is 0.299 e. The molecular weight excluding hydrogens is 234 g/mol. The van der Waals surface area contributed by atoms with Gasteiger partial charge in [-0.05, 0) is 55.2 Å². The van der Waals surface area contributed by atoms with Crippen molar-refractivity contribution >= 4 is 16.8 Å². The van der Waals surface area contributed by atoms with E-state index in [0.717, 1.165) is 6.54 Å². The molecule has 0 spiro atoms. The Morgan fingerprint density at radius 3 is 2.18 bits per heavy atom. The van der Waals surface area contributed by atoms with Crippen LogP contribution >= 0.6 is 11.6 Å². The Morgan fingerprint density at radius 1 is 1.06 bits per heavy atom. The molecule has 0 atom stereocenters. The van der Waals surface area contributed by atoms with Gasteiger partial charge in [0.2, 0.25) is 0 Å². The maximum Gasteiger partial charge on any atom is 0.252 e. The number of carbonyl (C=O) groups excluding carboxylic acids is 1. The minimum Gasteiger partial charge on any atom is -0.299 e. The molecule has 0 N–H and O–H groups in total. The molecule has 2 nitrogen and oxygen atoms in total. The number of nitrogens with zero attached hydrogens (tertiary/aromatic N) is 1. The lowest BCUT2D eigenvalue weighted by Gasteiger charge is -2.19. The number of hydrogen-bond donors (Lipinski definition) is 0. The molecule has 1 aliphatic heterocycles. The van der Waals surface area contributed by atoms with Crippen molar-refractivity contribution in [3.05, 3.63) is 35.4 Å². The highest BCUT2D eigenvalue weighted by Gasteiger charge is 2.09. The SMILES string of the molecule is O=C(Cl)c1ccc(CN2CCCCCC2)cc1. The second-order valence-corrected chi connectivity index (χ2v) is 5.00. The van der Waals surface area contributed by atoms with E-state index in [9.17, 15) is 4.79 Å². The normalized spacial score (nSPS) is 17.7. The van der Waals surface area contributed by atoms with Gasteiger partial charge in [0.1, 0.15) is 0 Å². The molecule has 0 aliphatic carbocycles. The molecule has 17 heavy (non-hydrogen) atoms. The Labute approximate surface area is 108 Å². The number of rotatable bonds is 3. The molecule has 3 heteroatoms. The van der Waals surface area contributed by atoms with Crippen molar-refractivity contribution in [1.82, 2.24) is 4.90 Å². The molecule has 1 saturated heterocycles. The number of halogens is 1. The molecule has 1 aromatic carbocycles. The highest BCUT2D eigenvalue weighted by molar-refractivity contribution is 6.67. The fraction of sp³-hybridized carbons (Fsp3) is 0.500. The average molecular weight is 252 g/mol. The molecule has 1 heterocycles. The lowest BCUT2D eigenvalue weighted by Crippen LogP contribution is -2.23. The maximum atomic E-state index is 10.9. The zero-order chi connectivity index (χ0) is 12.1. The molecule has 2 rings (SSSR count). The summed E-state index contributed by atoms with van der Waals surface area (Å²) in [5.41, 5.74) is 1.83. The Hall–Kier alpha value is -0.860. The monoisotopic (exact) mass is 251 g/mol. The van der Waals surface area contributed by atoms with Crippen LogP contribution in [0.4, 0.5) is 0 Å². The summed E-state index contributed by atoms with van der Waals surface area (Å²) < 4.78 is 0. The first-order valence-electron chi connectivity index (χ1n) is 6.27. The van der Waals surface area contributed by atoms with E-state index in [1.807, 2.05) is 24.3 Å². The van der Waals surface area contributed by atoms with Crippen LogP contribution in [0.25, 0.3) is 0 Å². The Balaban J connectivity index is 1.95. The molecule has 0 unspecified atom stereocenters. The predicted octanol–water partition coefficient (Wildman–Crippen LogP) is 3.44. The van der Waals surface area contributed by atoms with E-state index >= 15 is 0 Å². The summed E-state index contributed by atoms with van der Waals surface area (Å²) in [5, 5.41) is -0.383. The first-order valence-corrected chi connectivity index (χ1v) is 6.64. The van der Waals surface area contributed by atoms with Gasteiger partial charge in [0.25, 0.3) is 5.24 Å². The molecule has 0 radical (unpaired) electrons. The van der Waals surface area contributed by atoms with Gasteiger partial charge in [-0.3, -0.25) is 9.69 Å². The van der Waals surface area contributed by atoms with Gasteiger partial charge in [0.05, 0.1) is 0 Å². The zero-order valence-corrected chi connectivity index (χ0v) is 10.7. The van der Waals surface area contributed by atoms with Crippen LogP contribution in [0.1, 0.15) is 41.6 Å². The number of likely N-dealkylation sites (tertiary alicyclic amines) is 1. The molecule has 0 bridgehead atoms. The van der Waals surface area contributed by atoms with E-state index in [-0.39, 0.29) is 5.24 Å². The summed E-state index contributed by atoms with van der Waals surface area (Å²) in [7, 11) is 0. The van der Waals surface area contributed by atoms with Crippen LogP contribution in [0, 0.1) is 0 Å². The summed E-state index contributed by atoms with van der Waals surface area (Å²) in [6.45, 7) is 3.36. The predicted molar refractivity (Wildman–Crippen MR) is 70.4 cm³/mol. The smallest absolute Gasteiger partial charge is 0.252 e. The van der Waals surface area contributed by atoms with E-state index in [2.05, 4.69) is 4.90 Å². The quantitative estimate of drug-likeness (QED) is 0.767. The highest BCUT2D eigenvalue weighted by atomic mass is 35.5. The van der Waals surface area contributed by atoms with Crippen LogP contribution in [-0.2, 0) is 6.54 Å². The summed E-state index contributed by atoms with van der Waals surface area (Å²) in [6, 6.07) is 7.62. The van der Waals surface area contributed by atoms with Crippen molar-refractivity contribution in [2.45, 2.75) is 32.2 Å². The van der Waals surface area contributed by atoms with Gasteiger partial charge >= 0.3 is 0 Å². The van der Waals surface area contributed by atoms with Crippen LogP contribution in [0.2, 0.25) is 0 Å². The average Bonchev–Trinajstić information content (AvgIpc) is 2.58. The molecule has 92 valence electrons. The van der Waals surface area contributed by atoms with Crippen molar-refractivity contribution < 1.29 is 4.79 Å². The van der Waals surface area contributed by atoms with Gasteiger partial charge in [-0.2, -0.15) is 0 Å². The fourth-order valence-corrected chi connectivity index (χ4v) is 2.42. The Bertz CT molecular complexity index is 366. The van der Waals surface area contributed by atoms with Gasteiger partial charge in [-0.25, -0.2) is 0 Å². The third kappa shape index (κ3) is 3.83. The van der Waals surface area contributed by atoms with Crippen molar-refractivity contribution in [2.24, 2.45) is 0 Å². The van der Waals surface area contributed by atoms with Crippen molar-refractivity contribution in [1.29, 1.82) is 0 Å². The Kier molecular flexibility index (Phi) is 4.57. The van der Waals surface area contributed by atoms with Crippen LogP contribution in [0.3, 0.4) is 0 Å².